The highest BCUT2D eigenvalue weighted by Crippen LogP contribution is 2.30. The van der Waals surface area contributed by atoms with E-state index in [9.17, 15) is 13.2 Å². The van der Waals surface area contributed by atoms with Gasteiger partial charge in [-0.2, -0.15) is 4.31 Å². The molecule has 2 aromatic carbocycles. The van der Waals surface area contributed by atoms with Crippen LogP contribution in [0.25, 0.3) is 0 Å². The van der Waals surface area contributed by atoms with E-state index >= 15 is 0 Å². The summed E-state index contributed by atoms with van der Waals surface area (Å²) < 4.78 is 27.3. The third-order valence-electron chi connectivity index (χ3n) is 6.17. The van der Waals surface area contributed by atoms with Crippen LogP contribution in [-0.2, 0) is 16.4 Å². The average Bonchev–Trinajstić information content (AvgIpc) is 2.74. The lowest BCUT2D eigenvalue weighted by molar-refractivity contribution is 0.0932. The Morgan fingerprint density at radius 2 is 1.69 bits per heavy atom. The monoisotopic (exact) mass is 412 g/mol. The molecule has 0 aromatic heterocycles. The predicted octanol–water partition coefficient (Wildman–Crippen LogP) is 3.91. The number of benzene rings is 2. The molecule has 1 atom stereocenters. The maximum Gasteiger partial charge on any atom is 0.251 e. The zero-order chi connectivity index (χ0) is 20.4. The molecular weight excluding hydrogens is 384 g/mol. The van der Waals surface area contributed by atoms with Crippen molar-refractivity contribution in [2.45, 2.75) is 50.0 Å². The highest BCUT2D eigenvalue weighted by Gasteiger charge is 2.28. The molecule has 1 aliphatic heterocycles. The molecule has 0 unspecified atom stereocenters. The van der Waals surface area contributed by atoms with Gasteiger partial charge in [0.25, 0.3) is 5.91 Å². The normalized spacial score (nSPS) is 20.8. The summed E-state index contributed by atoms with van der Waals surface area (Å²) >= 11 is 0. The molecule has 29 heavy (non-hydrogen) atoms. The van der Waals surface area contributed by atoms with Gasteiger partial charge in [-0.1, -0.05) is 31.2 Å². The Morgan fingerprint density at radius 1 is 1.00 bits per heavy atom. The summed E-state index contributed by atoms with van der Waals surface area (Å²) in [7, 11) is -3.49. The number of aryl methyl sites for hydroxylation is 1. The minimum absolute atomic E-state index is 0.00574. The standard InChI is InChI=1S/C23H28N2O3S/c1-17-13-15-25(16-14-17)29(27,28)20-11-9-19(10-12-20)23(26)24-22-8-4-6-18-5-2-3-7-21(18)22/h2-3,5,7,9-12,17,22H,4,6,8,13-16H2,1H3,(H,24,26)/t22-/m1/s1. The molecular formula is C23H28N2O3S. The average molecular weight is 413 g/mol. The summed E-state index contributed by atoms with van der Waals surface area (Å²) in [4.78, 5) is 13.0. The van der Waals surface area contributed by atoms with Crippen molar-refractivity contribution in [3.8, 4) is 0 Å². The number of hydrogen-bond donors (Lipinski definition) is 1. The lowest BCUT2D eigenvalue weighted by Gasteiger charge is -2.29. The fourth-order valence-electron chi connectivity index (χ4n) is 4.30. The number of carbonyl (C=O) groups excluding carboxylic acids is 1. The van der Waals surface area contributed by atoms with Crippen molar-refractivity contribution in [3.63, 3.8) is 0 Å². The van der Waals surface area contributed by atoms with Crippen molar-refractivity contribution in [2.24, 2.45) is 5.92 Å². The summed E-state index contributed by atoms with van der Waals surface area (Å²) in [6.07, 6.45) is 4.80. The van der Waals surface area contributed by atoms with E-state index in [2.05, 4.69) is 24.4 Å². The van der Waals surface area contributed by atoms with Gasteiger partial charge in [-0.05, 0) is 73.4 Å². The van der Waals surface area contributed by atoms with Crippen LogP contribution in [0.3, 0.4) is 0 Å². The molecule has 1 saturated heterocycles. The number of sulfonamides is 1. The van der Waals surface area contributed by atoms with Crippen LogP contribution >= 0.6 is 0 Å². The van der Waals surface area contributed by atoms with E-state index in [1.807, 2.05) is 12.1 Å². The van der Waals surface area contributed by atoms with Crippen molar-refractivity contribution in [3.05, 3.63) is 65.2 Å². The number of piperidine rings is 1. The Kier molecular flexibility index (Phi) is 5.74. The third kappa shape index (κ3) is 4.23. The number of hydrogen-bond acceptors (Lipinski definition) is 3. The van der Waals surface area contributed by atoms with Crippen LogP contribution in [0.15, 0.2) is 53.4 Å². The maximum atomic E-state index is 12.9. The molecule has 5 nitrogen and oxygen atoms in total. The molecule has 0 spiro atoms. The summed E-state index contributed by atoms with van der Waals surface area (Å²) in [5.74, 6) is 0.403. The van der Waals surface area contributed by atoms with Gasteiger partial charge in [0, 0.05) is 18.7 Å². The van der Waals surface area contributed by atoms with Crippen LogP contribution in [0.4, 0.5) is 0 Å². The molecule has 154 valence electrons. The first-order valence-corrected chi connectivity index (χ1v) is 11.9. The zero-order valence-electron chi connectivity index (χ0n) is 16.8. The van der Waals surface area contributed by atoms with Gasteiger partial charge in [0.1, 0.15) is 0 Å². The van der Waals surface area contributed by atoms with Gasteiger partial charge in [0.05, 0.1) is 10.9 Å². The molecule has 6 heteroatoms. The van der Waals surface area contributed by atoms with Gasteiger partial charge in [-0.15, -0.1) is 0 Å². The molecule has 0 saturated carbocycles. The summed E-state index contributed by atoms with van der Waals surface area (Å²) in [6, 6.07) is 14.6. The number of amides is 1. The lowest BCUT2D eigenvalue weighted by Crippen LogP contribution is -2.37. The van der Waals surface area contributed by atoms with E-state index in [1.54, 1.807) is 28.6 Å². The summed E-state index contributed by atoms with van der Waals surface area (Å²) in [6.45, 7) is 3.28. The van der Waals surface area contributed by atoms with E-state index in [1.165, 1.54) is 11.1 Å². The summed E-state index contributed by atoms with van der Waals surface area (Å²) in [5.41, 5.74) is 2.96. The molecule has 0 radical (unpaired) electrons. The van der Waals surface area contributed by atoms with E-state index in [-0.39, 0.29) is 16.8 Å². The number of nitrogens with zero attached hydrogens (tertiary/aromatic N) is 1. The first-order valence-electron chi connectivity index (χ1n) is 10.4. The lowest BCUT2D eigenvalue weighted by atomic mass is 9.87. The second-order valence-electron chi connectivity index (χ2n) is 8.23. The van der Waals surface area contributed by atoms with Gasteiger partial charge in [0.15, 0.2) is 0 Å². The quantitative estimate of drug-likeness (QED) is 0.828. The second kappa shape index (κ2) is 8.28. The van der Waals surface area contributed by atoms with E-state index in [0.29, 0.717) is 24.6 Å². The highest BCUT2D eigenvalue weighted by molar-refractivity contribution is 7.89. The number of fused-ring (bicyclic) bond motifs is 1. The molecule has 1 N–H and O–H groups in total. The maximum absolute atomic E-state index is 12.9. The first-order chi connectivity index (χ1) is 13.9. The topological polar surface area (TPSA) is 66.5 Å². The number of rotatable bonds is 4. The van der Waals surface area contributed by atoms with Crippen molar-refractivity contribution in [2.75, 3.05) is 13.1 Å². The summed E-state index contributed by atoms with van der Waals surface area (Å²) in [5, 5.41) is 3.12. The third-order valence-corrected chi connectivity index (χ3v) is 8.08. The van der Waals surface area contributed by atoms with Gasteiger partial charge in [-0.3, -0.25) is 4.79 Å². The van der Waals surface area contributed by atoms with E-state index < -0.39 is 10.0 Å². The van der Waals surface area contributed by atoms with Crippen molar-refractivity contribution in [1.82, 2.24) is 9.62 Å². The van der Waals surface area contributed by atoms with Crippen LogP contribution in [0.1, 0.15) is 60.1 Å². The molecule has 4 rings (SSSR count). The number of nitrogens with one attached hydrogen (secondary N) is 1. The van der Waals surface area contributed by atoms with Gasteiger partial charge in [0.2, 0.25) is 10.0 Å². The Bertz CT molecular complexity index is 977. The molecule has 2 aromatic rings. The predicted molar refractivity (Wildman–Crippen MR) is 113 cm³/mol. The van der Waals surface area contributed by atoms with Crippen molar-refractivity contribution < 1.29 is 13.2 Å². The van der Waals surface area contributed by atoms with E-state index in [4.69, 9.17) is 0 Å². The van der Waals surface area contributed by atoms with Crippen LogP contribution in [-0.4, -0.2) is 31.7 Å². The molecule has 1 fully saturated rings. The highest BCUT2D eigenvalue weighted by atomic mass is 32.2. The molecule has 1 aliphatic carbocycles. The second-order valence-corrected chi connectivity index (χ2v) is 10.2. The molecule has 1 amide bonds. The molecule has 2 aliphatic rings. The van der Waals surface area contributed by atoms with Crippen LogP contribution in [0, 0.1) is 5.92 Å². The molecule has 1 heterocycles. The van der Waals surface area contributed by atoms with Crippen molar-refractivity contribution >= 4 is 15.9 Å². The minimum Gasteiger partial charge on any atom is -0.345 e. The Balaban J connectivity index is 1.46. The first kappa shape index (κ1) is 20.1. The van der Waals surface area contributed by atoms with Gasteiger partial charge >= 0.3 is 0 Å². The van der Waals surface area contributed by atoms with Gasteiger partial charge < -0.3 is 5.32 Å². The smallest absolute Gasteiger partial charge is 0.251 e. The van der Waals surface area contributed by atoms with Crippen LogP contribution in [0.2, 0.25) is 0 Å². The SMILES string of the molecule is CC1CCN(S(=O)(=O)c2ccc(C(=O)N[C@@H]3CCCc4ccccc43)cc2)CC1. The Hall–Kier alpha value is -2.18. The van der Waals surface area contributed by atoms with Crippen LogP contribution < -0.4 is 5.32 Å². The Labute approximate surface area is 173 Å². The minimum atomic E-state index is -3.49. The van der Waals surface area contributed by atoms with E-state index in [0.717, 1.165) is 32.1 Å². The fourth-order valence-corrected chi connectivity index (χ4v) is 5.77. The van der Waals surface area contributed by atoms with Crippen molar-refractivity contribution in [1.29, 1.82) is 0 Å². The van der Waals surface area contributed by atoms with Crippen LogP contribution in [0.5, 0.6) is 0 Å². The fraction of sp³-hybridized carbons (Fsp3) is 0.435. The van der Waals surface area contributed by atoms with Gasteiger partial charge in [-0.25, -0.2) is 8.42 Å². The Morgan fingerprint density at radius 3 is 2.41 bits per heavy atom. The molecule has 0 bridgehead atoms. The zero-order valence-corrected chi connectivity index (χ0v) is 17.6. The number of carbonyl (C=O) groups is 1. The largest absolute Gasteiger partial charge is 0.345 e.